The molecule has 6 heteroatoms. The van der Waals surface area contributed by atoms with Crippen LogP contribution in [-0.4, -0.2) is 35.1 Å². The summed E-state index contributed by atoms with van der Waals surface area (Å²) < 4.78 is 0. The highest BCUT2D eigenvalue weighted by molar-refractivity contribution is 5.94. The largest absolute Gasteiger partial charge is 0.336 e. The van der Waals surface area contributed by atoms with Crippen LogP contribution in [0.3, 0.4) is 0 Å². The normalized spacial score (nSPS) is 20.3. The average Bonchev–Trinajstić information content (AvgIpc) is 3.22. The van der Waals surface area contributed by atoms with E-state index in [0.717, 1.165) is 28.2 Å². The lowest BCUT2D eigenvalue weighted by atomic mass is 9.79. The monoisotopic (exact) mass is 352 g/mol. The van der Waals surface area contributed by atoms with E-state index in [9.17, 15) is 9.59 Å². The molecule has 0 bridgehead atoms. The molecule has 1 fully saturated rings. The number of rotatable bonds is 2. The van der Waals surface area contributed by atoms with Crippen molar-refractivity contribution in [1.29, 1.82) is 0 Å². The Balaban J connectivity index is 1.70. The topological polar surface area (TPSA) is 78.1 Å². The number of carbonyl (C=O) groups is 2. The molecule has 1 unspecified atom stereocenters. The lowest BCUT2D eigenvalue weighted by Gasteiger charge is -2.26. The zero-order valence-corrected chi connectivity index (χ0v) is 15.4. The number of aromatic amines is 1. The summed E-state index contributed by atoms with van der Waals surface area (Å²) in [5, 5.41) is 10.4. The van der Waals surface area contributed by atoms with Gasteiger partial charge in [0, 0.05) is 48.6 Å². The van der Waals surface area contributed by atoms with E-state index < -0.39 is 0 Å². The number of anilines is 1. The van der Waals surface area contributed by atoms with Crippen molar-refractivity contribution in [1.82, 2.24) is 15.5 Å². The first-order valence-electron chi connectivity index (χ1n) is 9.08. The first-order chi connectivity index (χ1) is 12.3. The van der Waals surface area contributed by atoms with E-state index >= 15 is 0 Å². The van der Waals surface area contributed by atoms with Crippen LogP contribution in [0.2, 0.25) is 0 Å². The molecule has 4 rings (SSSR count). The third-order valence-corrected chi connectivity index (χ3v) is 5.23. The van der Waals surface area contributed by atoms with Gasteiger partial charge in [0.05, 0.1) is 5.69 Å². The maximum Gasteiger partial charge on any atom is 0.321 e. The predicted octanol–water partition coefficient (Wildman–Crippen LogP) is 2.88. The van der Waals surface area contributed by atoms with E-state index in [2.05, 4.69) is 48.4 Å². The fraction of sp³-hybridized carbons (Fsp3) is 0.450. The van der Waals surface area contributed by atoms with Crippen molar-refractivity contribution in [2.24, 2.45) is 0 Å². The van der Waals surface area contributed by atoms with Gasteiger partial charge in [-0.3, -0.25) is 14.8 Å². The van der Waals surface area contributed by atoms with Gasteiger partial charge < -0.3 is 5.32 Å². The molecular formula is C20H24N4O2. The molecule has 26 heavy (non-hydrogen) atoms. The summed E-state index contributed by atoms with van der Waals surface area (Å²) in [7, 11) is 0. The van der Waals surface area contributed by atoms with Gasteiger partial charge in [-0.2, -0.15) is 5.10 Å². The van der Waals surface area contributed by atoms with E-state index in [1.54, 1.807) is 4.90 Å². The van der Waals surface area contributed by atoms with E-state index in [0.29, 0.717) is 25.9 Å². The van der Waals surface area contributed by atoms with Gasteiger partial charge >= 0.3 is 6.03 Å². The number of amides is 2. The number of ketones is 1. The van der Waals surface area contributed by atoms with Gasteiger partial charge in [0.15, 0.2) is 0 Å². The molecule has 6 nitrogen and oxygen atoms in total. The summed E-state index contributed by atoms with van der Waals surface area (Å²) in [6.45, 7) is 7.69. The summed E-state index contributed by atoms with van der Waals surface area (Å²) in [6.07, 6.45) is 0.914. The standard InChI is InChI=1S/C20H24N4O2/c1-20(2,3)18-11-17(22-23-18)16-10-14(25)9-12-8-13(4-5-15(12)16)24-7-6-21-19(24)26/h4-5,8,11,16H,6-7,9-10H2,1-3H3,(H,21,26)(H,22,23). The molecule has 1 aromatic heterocycles. The molecule has 0 spiro atoms. The van der Waals surface area contributed by atoms with Crippen molar-refractivity contribution in [2.75, 3.05) is 18.0 Å². The fourth-order valence-corrected chi connectivity index (χ4v) is 3.77. The summed E-state index contributed by atoms with van der Waals surface area (Å²) in [5.74, 6) is 0.216. The first-order valence-corrected chi connectivity index (χ1v) is 9.08. The van der Waals surface area contributed by atoms with Crippen LogP contribution < -0.4 is 10.2 Å². The number of fused-ring (bicyclic) bond motifs is 1. The van der Waals surface area contributed by atoms with Crippen LogP contribution in [0.1, 0.15) is 55.6 Å². The van der Waals surface area contributed by atoms with Gasteiger partial charge in [-0.05, 0) is 29.3 Å². The summed E-state index contributed by atoms with van der Waals surface area (Å²) in [4.78, 5) is 26.0. The molecule has 0 radical (unpaired) electrons. The lowest BCUT2D eigenvalue weighted by Crippen LogP contribution is -2.28. The van der Waals surface area contributed by atoms with E-state index in [1.165, 1.54) is 0 Å². The molecule has 1 aromatic carbocycles. The molecule has 0 saturated carbocycles. The second-order valence-corrected chi connectivity index (χ2v) is 8.20. The molecule has 136 valence electrons. The van der Waals surface area contributed by atoms with Gasteiger partial charge in [-0.1, -0.05) is 26.8 Å². The van der Waals surface area contributed by atoms with Gasteiger partial charge in [0.2, 0.25) is 0 Å². The Morgan fingerprint density at radius 1 is 1.19 bits per heavy atom. The Bertz CT molecular complexity index is 878. The Morgan fingerprint density at radius 2 is 2.00 bits per heavy atom. The van der Waals surface area contributed by atoms with Crippen LogP contribution in [0.4, 0.5) is 10.5 Å². The number of nitrogens with zero attached hydrogens (tertiary/aromatic N) is 2. The van der Waals surface area contributed by atoms with Crippen LogP contribution in [0.5, 0.6) is 0 Å². The third-order valence-electron chi connectivity index (χ3n) is 5.23. The fourth-order valence-electron chi connectivity index (χ4n) is 3.77. The van der Waals surface area contributed by atoms with E-state index in [4.69, 9.17) is 0 Å². The van der Waals surface area contributed by atoms with Gasteiger partial charge in [0.25, 0.3) is 0 Å². The lowest BCUT2D eigenvalue weighted by molar-refractivity contribution is -0.119. The second kappa shape index (κ2) is 5.97. The van der Waals surface area contributed by atoms with Crippen molar-refractivity contribution in [3.63, 3.8) is 0 Å². The Labute approximate surface area is 153 Å². The predicted molar refractivity (Wildman–Crippen MR) is 99.6 cm³/mol. The SMILES string of the molecule is CC(C)(C)c1cc(C2CC(=O)Cc3cc(N4CCNC4=O)ccc32)[nH]n1. The molecular weight excluding hydrogens is 328 g/mol. The number of hydrogen-bond donors (Lipinski definition) is 2. The van der Waals surface area contributed by atoms with Crippen LogP contribution in [0.25, 0.3) is 0 Å². The average molecular weight is 352 g/mol. The number of nitrogens with one attached hydrogen (secondary N) is 2. The Hall–Kier alpha value is -2.63. The molecule has 2 aromatic rings. The summed E-state index contributed by atoms with van der Waals surface area (Å²) in [6, 6.07) is 8.03. The minimum atomic E-state index is -0.0768. The molecule has 1 aliphatic heterocycles. The number of hydrogen-bond acceptors (Lipinski definition) is 3. The molecule has 2 N–H and O–H groups in total. The zero-order valence-electron chi connectivity index (χ0n) is 15.4. The van der Waals surface area contributed by atoms with Gasteiger partial charge in [0.1, 0.15) is 5.78 Å². The number of Topliss-reactive ketones (excluding diaryl/α,β-unsaturated/α-hetero) is 1. The molecule has 1 atom stereocenters. The highest BCUT2D eigenvalue weighted by Gasteiger charge is 2.30. The van der Waals surface area contributed by atoms with Gasteiger partial charge in [-0.25, -0.2) is 4.79 Å². The van der Waals surface area contributed by atoms with Crippen molar-refractivity contribution in [2.45, 2.75) is 44.9 Å². The highest BCUT2D eigenvalue weighted by Crippen LogP contribution is 2.37. The number of carbonyl (C=O) groups excluding carboxylic acids is 2. The van der Waals surface area contributed by atoms with E-state index in [1.807, 2.05) is 12.1 Å². The van der Waals surface area contributed by atoms with Crippen molar-refractivity contribution in [3.8, 4) is 0 Å². The minimum absolute atomic E-state index is 0.00342. The Kier molecular flexibility index (Phi) is 3.86. The van der Waals surface area contributed by atoms with Crippen molar-refractivity contribution < 1.29 is 9.59 Å². The quantitative estimate of drug-likeness (QED) is 0.872. The van der Waals surface area contributed by atoms with E-state index in [-0.39, 0.29) is 23.1 Å². The summed E-state index contributed by atoms with van der Waals surface area (Å²) in [5.41, 5.74) is 4.95. The highest BCUT2D eigenvalue weighted by atomic mass is 16.2. The molecule has 1 saturated heterocycles. The van der Waals surface area contributed by atoms with Crippen LogP contribution in [0.15, 0.2) is 24.3 Å². The second-order valence-electron chi connectivity index (χ2n) is 8.20. The number of H-pyrrole nitrogens is 1. The number of urea groups is 1. The molecule has 1 aliphatic carbocycles. The van der Waals surface area contributed by atoms with Crippen LogP contribution >= 0.6 is 0 Å². The van der Waals surface area contributed by atoms with Crippen LogP contribution in [0, 0.1) is 0 Å². The minimum Gasteiger partial charge on any atom is -0.336 e. The number of aromatic nitrogens is 2. The maximum atomic E-state index is 12.4. The molecule has 2 aliphatic rings. The maximum absolute atomic E-state index is 12.4. The van der Waals surface area contributed by atoms with Crippen molar-refractivity contribution in [3.05, 3.63) is 46.8 Å². The first kappa shape index (κ1) is 16.8. The zero-order chi connectivity index (χ0) is 18.5. The smallest absolute Gasteiger partial charge is 0.321 e. The van der Waals surface area contributed by atoms with Crippen LogP contribution in [-0.2, 0) is 16.6 Å². The summed E-state index contributed by atoms with van der Waals surface area (Å²) >= 11 is 0. The third kappa shape index (κ3) is 2.89. The molecule has 2 amide bonds. The number of benzene rings is 1. The van der Waals surface area contributed by atoms with Gasteiger partial charge in [-0.15, -0.1) is 0 Å². The Morgan fingerprint density at radius 3 is 2.65 bits per heavy atom. The molecule has 2 heterocycles. The van der Waals surface area contributed by atoms with Crippen molar-refractivity contribution >= 4 is 17.5 Å².